The molecule has 0 aromatic carbocycles. The number of carbonyl (C=O) groups is 1. The van der Waals surface area contributed by atoms with Gasteiger partial charge in [0.05, 0.1) is 12.2 Å². The van der Waals surface area contributed by atoms with Crippen molar-refractivity contribution >= 4 is 16.0 Å². The maximum Gasteiger partial charge on any atom is 0.335 e. The van der Waals surface area contributed by atoms with E-state index < -0.39 is 21.2 Å². The first-order chi connectivity index (χ1) is 12.5. The molecule has 1 N–H and O–H groups in total. The molecular formula is C19H30N2O4S. The van der Waals surface area contributed by atoms with Crippen LogP contribution >= 0.6 is 0 Å². The Morgan fingerprint density at radius 2 is 2.12 bits per heavy atom. The lowest BCUT2D eigenvalue weighted by molar-refractivity contribution is -0.138. The van der Waals surface area contributed by atoms with E-state index in [1.807, 2.05) is 12.1 Å². The third kappa shape index (κ3) is 5.37. The van der Waals surface area contributed by atoms with Crippen molar-refractivity contribution in [2.75, 3.05) is 11.4 Å². The number of nitrogens with one attached hydrogen (secondary N) is 1. The number of unbranched alkanes of at least 4 members (excludes halogenated alkanes) is 3. The topological polar surface area (TPSA) is 77.4 Å². The lowest BCUT2D eigenvalue weighted by atomic mass is 9.99. The summed E-state index contributed by atoms with van der Waals surface area (Å²) in [7, 11) is -3.73. The Labute approximate surface area is 156 Å². The third-order valence-electron chi connectivity index (χ3n) is 4.61. The molecule has 0 fully saturated rings. The second-order valence-electron chi connectivity index (χ2n) is 6.62. The van der Waals surface area contributed by atoms with E-state index >= 15 is 0 Å². The van der Waals surface area contributed by atoms with Gasteiger partial charge in [0, 0.05) is 11.9 Å². The summed E-state index contributed by atoms with van der Waals surface area (Å²) in [6, 6.07) is 3.76. The number of hydrogen-bond acceptors (Lipinski definition) is 4. The van der Waals surface area contributed by atoms with E-state index in [2.05, 4.69) is 11.8 Å². The highest BCUT2D eigenvalue weighted by molar-refractivity contribution is 7.93. The lowest BCUT2D eigenvalue weighted by Crippen LogP contribution is -2.38. The first-order valence-corrected chi connectivity index (χ1v) is 11.1. The van der Waals surface area contributed by atoms with Gasteiger partial charge in [-0.3, -0.25) is 4.68 Å². The third-order valence-corrected chi connectivity index (χ3v) is 6.30. The van der Waals surface area contributed by atoms with Crippen molar-refractivity contribution in [2.45, 2.75) is 70.5 Å². The molecule has 0 radical (unpaired) electrons. The van der Waals surface area contributed by atoms with E-state index in [1.165, 1.54) is 6.42 Å². The van der Waals surface area contributed by atoms with Crippen LogP contribution in [-0.2, 0) is 26.0 Å². The van der Waals surface area contributed by atoms with Gasteiger partial charge in [-0.05, 0) is 51.2 Å². The van der Waals surface area contributed by atoms with Crippen LogP contribution in [-0.4, -0.2) is 30.9 Å². The van der Waals surface area contributed by atoms with Gasteiger partial charge in [-0.25, -0.2) is 18.0 Å². The van der Waals surface area contributed by atoms with E-state index in [1.54, 1.807) is 23.9 Å². The predicted octanol–water partition coefficient (Wildman–Crippen LogP) is 3.53. The molecule has 26 heavy (non-hydrogen) atoms. The molecule has 1 aromatic rings. The number of esters is 1. The number of carbonyl (C=O) groups excluding carboxylic acids is 1. The Balaban J connectivity index is 2.10. The minimum absolute atomic E-state index is 0.232. The molecule has 0 spiro atoms. The van der Waals surface area contributed by atoms with Gasteiger partial charge < -0.3 is 4.74 Å². The number of aryl methyl sites for hydroxylation is 1. The number of hydrogen-bond donors (Lipinski definition) is 1. The number of nitrogens with zero attached hydrogens (tertiary/aromatic N) is 1. The maximum absolute atomic E-state index is 12.9. The normalized spacial score (nSPS) is 17.6. The minimum atomic E-state index is -3.73. The van der Waals surface area contributed by atoms with Crippen molar-refractivity contribution in [3.8, 4) is 0 Å². The van der Waals surface area contributed by atoms with Crippen LogP contribution in [0.15, 0.2) is 30.0 Å². The average Bonchev–Trinajstić information content (AvgIpc) is 3.05. The van der Waals surface area contributed by atoms with Gasteiger partial charge in [0.15, 0.2) is 0 Å². The quantitative estimate of drug-likeness (QED) is 0.496. The Bertz CT molecular complexity index is 722. The second kappa shape index (κ2) is 9.80. The van der Waals surface area contributed by atoms with Gasteiger partial charge in [-0.2, -0.15) is 0 Å². The summed E-state index contributed by atoms with van der Waals surface area (Å²) in [5, 5.41) is -0.870. The fraction of sp³-hybridized carbons (Fsp3) is 0.632. The van der Waals surface area contributed by atoms with E-state index in [4.69, 9.17) is 4.74 Å². The van der Waals surface area contributed by atoms with Crippen LogP contribution in [0.25, 0.3) is 0 Å². The molecule has 7 heteroatoms. The van der Waals surface area contributed by atoms with Crippen molar-refractivity contribution in [3.05, 3.63) is 35.7 Å². The molecule has 1 aliphatic rings. The fourth-order valence-corrected chi connectivity index (χ4v) is 4.83. The molecule has 0 aliphatic heterocycles. The molecule has 0 saturated carbocycles. The highest BCUT2D eigenvalue weighted by Gasteiger charge is 2.35. The summed E-state index contributed by atoms with van der Waals surface area (Å²) in [5.41, 5.74) is 1.18. The van der Waals surface area contributed by atoms with Crippen LogP contribution in [0.5, 0.6) is 0 Å². The molecule has 1 heterocycles. The summed E-state index contributed by atoms with van der Waals surface area (Å²) in [4.78, 5) is 14.8. The van der Waals surface area contributed by atoms with Crippen LogP contribution < -0.4 is 4.83 Å². The van der Waals surface area contributed by atoms with Crippen molar-refractivity contribution in [1.82, 2.24) is 4.68 Å². The average molecular weight is 383 g/mol. The fourth-order valence-electron chi connectivity index (χ4n) is 3.24. The molecule has 1 aromatic heterocycles. The zero-order valence-corrected chi connectivity index (χ0v) is 16.6. The molecule has 0 bridgehead atoms. The highest BCUT2D eigenvalue weighted by atomic mass is 32.2. The van der Waals surface area contributed by atoms with Gasteiger partial charge in [-0.1, -0.05) is 32.3 Å². The monoisotopic (exact) mass is 382 g/mol. The van der Waals surface area contributed by atoms with Crippen LogP contribution in [0.4, 0.5) is 0 Å². The molecule has 1 unspecified atom stereocenters. The molecule has 1 atom stereocenters. The largest absolute Gasteiger partial charge is 0.463 e. The zero-order valence-electron chi connectivity index (χ0n) is 15.7. The minimum Gasteiger partial charge on any atom is -0.463 e. The number of sulfonamides is 1. The van der Waals surface area contributed by atoms with E-state index in [0.717, 1.165) is 37.8 Å². The Morgan fingerprint density at radius 3 is 2.85 bits per heavy atom. The Morgan fingerprint density at radius 1 is 1.31 bits per heavy atom. The second-order valence-corrected chi connectivity index (χ2v) is 8.46. The first kappa shape index (κ1) is 20.6. The predicted molar refractivity (Wildman–Crippen MR) is 103 cm³/mol. The van der Waals surface area contributed by atoms with Crippen molar-refractivity contribution in [2.24, 2.45) is 0 Å². The Kier molecular flexibility index (Phi) is 7.75. The van der Waals surface area contributed by atoms with Gasteiger partial charge in [0.25, 0.3) is 10.0 Å². The zero-order chi connectivity index (χ0) is 19.0. The SMILES string of the molecule is CCCCCCc1cccn1NS(=O)(=O)C1CCCC=C1C(=O)OCC. The van der Waals surface area contributed by atoms with Gasteiger partial charge in [0.2, 0.25) is 0 Å². The Hall–Kier alpha value is -1.76. The molecule has 1 aliphatic carbocycles. The van der Waals surface area contributed by atoms with Crippen molar-refractivity contribution in [3.63, 3.8) is 0 Å². The van der Waals surface area contributed by atoms with Crippen molar-refractivity contribution < 1.29 is 17.9 Å². The molecule has 0 amide bonds. The molecule has 6 nitrogen and oxygen atoms in total. The molecule has 0 saturated heterocycles. The van der Waals surface area contributed by atoms with Crippen LogP contribution in [0.1, 0.15) is 64.5 Å². The standard InChI is InChI=1S/C19H30N2O4S/c1-3-5-6-7-11-16-12-10-15-21(16)20-26(23,24)18-14-9-8-13-17(18)19(22)25-4-2/h10,12-13,15,18,20H,3-9,11,14H2,1-2H3. The molecule has 2 rings (SSSR count). The smallest absolute Gasteiger partial charge is 0.335 e. The molecule has 146 valence electrons. The first-order valence-electron chi connectivity index (χ1n) is 9.54. The van der Waals surface area contributed by atoms with E-state index in [0.29, 0.717) is 12.8 Å². The number of aromatic nitrogens is 1. The number of allylic oxidation sites excluding steroid dienone is 1. The van der Waals surface area contributed by atoms with E-state index in [-0.39, 0.29) is 12.2 Å². The summed E-state index contributed by atoms with van der Waals surface area (Å²) in [5.74, 6) is -0.533. The van der Waals surface area contributed by atoms with Crippen LogP contribution in [0.2, 0.25) is 0 Å². The van der Waals surface area contributed by atoms with Gasteiger partial charge in [-0.15, -0.1) is 0 Å². The lowest BCUT2D eigenvalue weighted by Gasteiger charge is -2.24. The summed E-state index contributed by atoms with van der Waals surface area (Å²) in [6.07, 6.45) is 10.6. The van der Waals surface area contributed by atoms with Gasteiger partial charge in [0.1, 0.15) is 5.25 Å². The van der Waals surface area contributed by atoms with Gasteiger partial charge >= 0.3 is 5.97 Å². The maximum atomic E-state index is 12.9. The van der Waals surface area contributed by atoms with Crippen molar-refractivity contribution in [1.29, 1.82) is 0 Å². The summed E-state index contributed by atoms with van der Waals surface area (Å²) in [6.45, 7) is 4.11. The summed E-state index contributed by atoms with van der Waals surface area (Å²) >= 11 is 0. The van der Waals surface area contributed by atoms with Crippen LogP contribution in [0, 0.1) is 0 Å². The molecular weight excluding hydrogens is 352 g/mol. The number of rotatable bonds is 10. The summed E-state index contributed by atoms with van der Waals surface area (Å²) < 4.78 is 32.4. The van der Waals surface area contributed by atoms with E-state index in [9.17, 15) is 13.2 Å². The highest BCUT2D eigenvalue weighted by Crippen LogP contribution is 2.26. The number of ether oxygens (including phenoxy) is 1. The van der Waals surface area contributed by atoms with Crippen LogP contribution in [0.3, 0.4) is 0 Å².